The van der Waals surface area contributed by atoms with Crippen LogP contribution < -0.4 is 0 Å². The zero-order valence-corrected chi connectivity index (χ0v) is 10.1. The van der Waals surface area contributed by atoms with Gasteiger partial charge in [-0.2, -0.15) is 5.10 Å². The summed E-state index contributed by atoms with van der Waals surface area (Å²) in [4.78, 5) is 23.6. The number of carbonyl (C=O) groups excluding carboxylic acids is 1. The molecule has 94 valence electrons. The molecular weight excluding hydrogens is 222 g/mol. The van der Waals surface area contributed by atoms with Gasteiger partial charge in [-0.15, -0.1) is 0 Å². The third-order valence-electron chi connectivity index (χ3n) is 2.40. The van der Waals surface area contributed by atoms with Gasteiger partial charge < -0.3 is 10.0 Å². The number of carbonyl (C=O) groups is 2. The molecule has 1 aromatic heterocycles. The number of rotatable bonds is 6. The fourth-order valence-corrected chi connectivity index (χ4v) is 1.45. The lowest BCUT2D eigenvalue weighted by Crippen LogP contribution is -2.29. The van der Waals surface area contributed by atoms with Crippen molar-refractivity contribution in [3.8, 4) is 0 Å². The number of hydrogen-bond donors (Lipinski definition) is 2. The van der Waals surface area contributed by atoms with Crippen LogP contribution in [0.25, 0.3) is 0 Å². The monoisotopic (exact) mass is 239 g/mol. The summed E-state index contributed by atoms with van der Waals surface area (Å²) < 4.78 is 0. The summed E-state index contributed by atoms with van der Waals surface area (Å²) in [5.74, 6) is -0.893. The maximum atomic E-state index is 11.7. The van der Waals surface area contributed by atoms with Crippen LogP contribution >= 0.6 is 0 Å². The average molecular weight is 239 g/mol. The van der Waals surface area contributed by atoms with E-state index in [1.807, 2.05) is 13.0 Å². The summed E-state index contributed by atoms with van der Waals surface area (Å²) in [7, 11) is 1.67. The first-order chi connectivity index (χ1) is 7.99. The van der Waals surface area contributed by atoms with Gasteiger partial charge in [0.25, 0.3) is 0 Å². The molecule has 0 aliphatic carbocycles. The van der Waals surface area contributed by atoms with Crippen LogP contribution in [0.5, 0.6) is 0 Å². The van der Waals surface area contributed by atoms with Crippen molar-refractivity contribution < 1.29 is 14.7 Å². The molecule has 0 unspecified atom stereocenters. The Balaban J connectivity index is 2.34. The van der Waals surface area contributed by atoms with E-state index < -0.39 is 5.97 Å². The molecule has 0 aliphatic heterocycles. The summed E-state index contributed by atoms with van der Waals surface area (Å²) in [6.45, 7) is 2.33. The lowest BCUT2D eigenvalue weighted by atomic mass is 10.2. The van der Waals surface area contributed by atoms with E-state index in [4.69, 9.17) is 5.11 Å². The van der Waals surface area contributed by atoms with E-state index in [0.717, 1.165) is 5.69 Å². The van der Waals surface area contributed by atoms with Gasteiger partial charge in [-0.05, 0) is 19.4 Å². The Kier molecular flexibility index (Phi) is 4.68. The van der Waals surface area contributed by atoms with Gasteiger partial charge in [0, 0.05) is 25.7 Å². The molecule has 0 atom stereocenters. The largest absolute Gasteiger partial charge is 0.481 e. The highest BCUT2D eigenvalue weighted by Crippen LogP contribution is 2.02. The first kappa shape index (κ1) is 13.2. The molecule has 1 aromatic rings. The quantitative estimate of drug-likeness (QED) is 0.760. The van der Waals surface area contributed by atoms with Crippen molar-refractivity contribution in [2.75, 3.05) is 13.6 Å². The van der Waals surface area contributed by atoms with Crippen molar-refractivity contribution in [2.24, 2.45) is 0 Å². The molecule has 0 bridgehead atoms. The number of hydrogen-bond acceptors (Lipinski definition) is 3. The molecule has 0 saturated carbocycles. The lowest BCUT2D eigenvalue weighted by Gasteiger charge is -2.15. The second-order valence-electron chi connectivity index (χ2n) is 4.03. The van der Waals surface area contributed by atoms with Gasteiger partial charge in [0.15, 0.2) is 0 Å². The van der Waals surface area contributed by atoms with E-state index in [-0.39, 0.29) is 18.7 Å². The van der Waals surface area contributed by atoms with Crippen molar-refractivity contribution >= 4 is 11.9 Å². The van der Waals surface area contributed by atoms with Crippen LogP contribution in [0, 0.1) is 6.92 Å². The van der Waals surface area contributed by atoms with Crippen LogP contribution in [0.3, 0.4) is 0 Å². The summed E-state index contributed by atoms with van der Waals surface area (Å²) in [5.41, 5.74) is 1.62. The molecule has 0 spiro atoms. The smallest absolute Gasteiger partial charge is 0.303 e. The van der Waals surface area contributed by atoms with Crippen LogP contribution in [0.4, 0.5) is 0 Å². The third-order valence-corrected chi connectivity index (χ3v) is 2.40. The van der Waals surface area contributed by atoms with Gasteiger partial charge in [0.05, 0.1) is 12.1 Å². The first-order valence-electron chi connectivity index (χ1n) is 5.45. The van der Waals surface area contributed by atoms with Gasteiger partial charge in [-0.1, -0.05) is 0 Å². The highest BCUT2D eigenvalue weighted by molar-refractivity contribution is 5.78. The highest BCUT2D eigenvalue weighted by Gasteiger charge is 2.11. The summed E-state index contributed by atoms with van der Waals surface area (Å²) in [6.07, 6.45) is 0.796. The molecule has 1 rings (SSSR count). The van der Waals surface area contributed by atoms with Crippen molar-refractivity contribution in [2.45, 2.75) is 26.2 Å². The Labute approximate surface area is 99.6 Å². The maximum Gasteiger partial charge on any atom is 0.303 e. The number of amides is 1. The minimum Gasteiger partial charge on any atom is -0.481 e. The number of aryl methyl sites for hydroxylation is 1. The number of aliphatic carboxylic acids is 1. The van der Waals surface area contributed by atoms with E-state index in [9.17, 15) is 9.59 Å². The Morgan fingerprint density at radius 2 is 2.24 bits per heavy atom. The van der Waals surface area contributed by atoms with Crippen LogP contribution in [-0.4, -0.2) is 45.7 Å². The minimum atomic E-state index is -0.839. The first-order valence-corrected chi connectivity index (χ1v) is 5.45. The van der Waals surface area contributed by atoms with Crippen LogP contribution in [0.2, 0.25) is 0 Å². The van der Waals surface area contributed by atoms with Crippen molar-refractivity contribution in [3.05, 3.63) is 17.5 Å². The van der Waals surface area contributed by atoms with Gasteiger partial charge in [-0.25, -0.2) is 0 Å². The Morgan fingerprint density at radius 1 is 1.53 bits per heavy atom. The minimum absolute atomic E-state index is 0.0538. The van der Waals surface area contributed by atoms with Gasteiger partial charge in [0.2, 0.25) is 5.91 Å². The molecule has 1 amide bonds. The average Bonchev–Trinajstić information content (AvgIpc) is 2.63. The van der Waals surface area contributed by atoms with E-state index in [2.05, 4.69) is 10.2 Å². The third kappa shape index (κ3) is 4.67. The van der Waals surface area contributed by atoms with Crippen molar-refractivity contribution in [1.82, 2.24) is 15.1 Å². The zero-order chi connectivity index (χ0) is 12.8. The van der Waals surface area contributed by atoms with Crippen molar-refractivity contribution in [1.29, 1.82) is 0 Å². The van der Waals surface area contributed by atoms with E-state index in [1.165, 1.54) is 4.90 Å². The Hall–Kier alpha value is -1.85. The molecular formula is C11H17N3O3. The summed E-state index contributed by atoms with van der Waals surface area (Å²) in [5, 5.41) is 15.2. The van der Waals surface area contributed by atoms with Crippen LogP contribution in [-0.2, 0) is 16.0 Å². The maximum absolute atomic E-state index is 11.7. The number of carboxylic acids is 1. The predicted molar refractivity (Wildman–Crippen MR) is 61.5 cm³/mol. The molecule has 17 heavy (non-hydrogen) atoms. The number of nitrogens with one attached hydrogen (secondary N) is 1. The number of likely N-dealkylation sites (N-methyl/N-ethyl adjacent to an activating group) is 1. The van der Waals surface area contributed by atoms with E-state index in [1.54, 1.807) is 7.05 Å². The molecule has 0 radical (unpaired) electrons. The second kappa shape index (κ2) is 6.03. The topological polar surface area (TPSA) is 86.3 Å². The lowest BCUT2D eigenvalue weighted by molar-refractivity contribution is -0.138. The number of nitrogens with zero attached hydrogens (tertiary/aromatic N) is 2. The summed E-state index contributed by atoms with van der Waals surface area (Å²) in [6, 6.07) is 1.82. The molecule has 2 N–H and O–H groups in total. The normalized spacial score (nSPS) is 10.2. The zero-order valence-electron chi connectivity index (χ0n) is 10.1. The van der Waals surface area contributed by atoms with E-state index >= 15 is 0 Å². The number of carboxylic acid groups (broad SMARTS) is 1. The highest BCUT2D eigenvalue weighted by atomic mass is 16.4. The number of aromatic amines is 1. The SMILES string of the molecule is Cc1cc(CC(=O)N(C)CCCC(=O)O)n[nH]1. The Morgan fingerprint density at radius 3 is 2.76 bits per heavy atom. The summed E-state index contributed by atoms with van der Waals surface area (Å²) >= 11 is 0. The fraction of sp³-hybridized carbons (Fsp3) is 0.545. The second-order valence-corrected chi connectivity index (χ2v) is 4.03. The van der Waals surface area contributed by atoms with E-state index in [0.29, 0.717) is 18.7 Å². The number of H-pyrrole nitrogens is 1. The number of aromatic nitrogens is 2. The molecule has 1 heterocycles. The molecule has 0 saturated heterocycles. The van der Waals surface area contributed by atoms with Gasteiger partial charge in [-0.3, -0.25) is 14.7 Å². The van der Waals surface area contributed by atoms with Gasteiger partial charge in [0.1, 0.15) is 0 Å². The molecule has 0 aromatic carbocycles. The molecule has 0 fully saturated rings. The molecule has 0 aliphatic rings. The predicted octanol–water partition coefficient (Wildman–Crippen LogP) is 0.584. The molecule has 6 heteroatoms. The fourth-order valence-electron chi connectivity index (χ4n) is 1.45. The van der Waals surface area contributed by atoms with Gasteiger partial charge >= 0.3 is 5.97 Å². The molecule has 6 nitrogen and oxygen atoms in total. The van der Waals surface area contributed by atoms with Crippen LogP contribution in [0.1, 0.15) is 24.2 Å². The van der Waals surface area contributed by atoms with Crippen LogP contribution in [0.15, 0.2) is 6.07 Å². The Bertz CT molecular complexity index is 400. The van der Waals surface area contributed by atoms with Crippen molar-refractivity contribution in [3.63, 3.8) is 0 Å². The standard InChI is InChI=1S/C11H17N3O3/c1-8-6-9(13-12-8)7-10(15)14(2)5-3-4-11(16)17/h6H,3-5,7H2,1-2H3,(H,12,13)(H,16,17).